The first-order valence-electron chi connectivity index (χ1n) is 4.18. The largest absolute Gasteiger partial charge is 0.327 e. The highest BCUT2D eigenvalue weighted by Crippen LogP contribution is 2.24. The Kier molecular flexibility index (Phi) is 6.45. The minimum atomic E-state index is 0. The van der Waals surface area contributed by atoms with Gasteiger partial charge >= 0.3 is 0 Å². The Bertz CT molecular complexity index is 271. The maximum absolute atomic E-state index is 5.93. The maximum atomic E-state index is 5.93. The number of halogens is 3. The molecule has 1 aromatic rings. The van der Waals surface area contributed by atoms with Gasteiger partial charge in [0.05, 0.1) is 10.0 Å². The van der Waals surface area contributed by atoms with Crippen molar-refractivity contribution in [2.24, 2.45) is 5.73 Å². The molecular weight excluding hydrogens is 242 g/mol. The van der Waals surface area contributed by atoms with Crippen LogP contribution >= 0.6 is 35.6 Å². The molecule has 0 radical (unpaired) electrons. The smallest absolute Gasteiger partial charge is 0.0636 e. The van der Waals surface area contributed by atoms with Crippen LogP contribution in [0.4, 0.5) is 0 Å². The molecule has 0 fully saturated rings. The molecule has 14 heavy (non-hydrogen) atoms. The predicted molar refractivity (Wildman–Crippen MR) is 63.5 cm³/mol. The third kappa shape index (κ3) is 3.62. The van der Waals surface area contributed by atoms with Gasteiger partial charge in [-0.3, -0.25) is 4.98 Å². The van der Waals surface area contributed by atoms with Crippen LogP contribution in [0.2, 0.25) is 10.0 Å². The number of hydrogen-bond donors (Lipinski definition) is 1. The van der Waals surface area contributed by atoms with Gasteiger partial charge in [0, 0.05) is 18.4 Å². The van der Waals surface area contributed by atoms with E-state index in [1.807, 2.05) is 6.92 Å². The molecule has 1 aromatic heterocycles. The Hall–Kier alpha value is -0.0200. The van der Waals surface area contributed by atoms with E-state index in [4.69, 9.17) is 28.9 Å². The maximum Gasteiger partial charge on any atom is 0.0636 e. The van der Waals surface area contributed by atoms with Crippen LogP contribution in [0, 0.1) is 0 Å². The molecule has 0 aromatic carbocycles. The average Bonchev–Trinajstić information content (AvgIpc) is 2.11. The standard InChI is InChI=1S/C9H12Cl2N2.ClH/c1-2-6(12)3-7-8(10)4-13-5-9(7)11;/h4-6H,2-3,12H2,1H3;1H. The molecule has 0 amide bonds. The summed E-state index contributed by atoms with van der Waals surface area (Å²) in [4.78, 5) is 3.87. The summed E-state index contributed by atoms with van der Waals surface area (Å²) in [6, 6.07) is 0.109. The second kappa shape index (κ2) is 6.46. The van der Waals surface area contributed by atoms with Crippen LogP contribution in [0.3, 0.4) is 0 Å². The molecule has 0 aliphatic carbocycles. The molecule has 0 aliphatic heterocycles. The summed E-state index contributed by atoms with van der Waals surface area (Å²) in [5.74, 6) is 0. The molecule has 0 spiro atoms. The fraction of sp³-hybridized carbons (Fsp3) is 0.444. The molecule has 1 heterocycles. The van der Waals surface area contributed by atoms with Gasteiger partial charge in [-0.25, -0.2) is 0 Å². The van der Waals surface area contributed by atoms with Crippen molar-refractivity contribution < 1.29 is 0 Å². The normalized spacial score (nSPS) is 12.0. The van der Waals surface area contributed by atoms with Gasteiger partial charge in [0.15, 0.2) is 0 Å². The van der Waals surface area contributed by atoms with Crippen LogP contribution in [0.25, 0.3) is 0 Å². The van der Waals surface area contributed by atoms with Gasteiger partial charge in [-0.15, -0.1) is 12.4 Å². The van der Waals surface area contributed by atoms with Crippen molar-refractivity contribution in [2.45, 2.75) is 25.8 Å². The van der Waals surface area contributed by atoms with Crippen LogP contribution in [-0.4, -0.2) is 11.0 Å². The van der Waals surface area contributed by atoms with Crippen molar-refractivity contribution >= 4 is 35.6 Å². The van der Waals surface area contributed by atoms with Crippen LogP contribution in [0.5, 0.6) is 0 Å². The van der Waals surface area contributed by atoms with Crippen molar-refractivity contribution in [3.8, 4) is 0 Å². The van der Waals surface area contributed by atoms with E-state index in [2.05, 4.69) is 4.98 Å². The summed E-state index contributed by atoms with van der Waals surface area (Å²) in [5.41, 5.74) is 6.70. The van der Waals surface area contributed by atoms with Crippen molar-refractivity contribution in [1.29, 1.82) is 0 Å². The monoisotopic (exact) mass is 254 g/mol. The lowest BCUT2D eigenvalue weighted by Gasteiger charge is -2.10. The van der Waals surface area contributed by atoms with Gasteiger partial charge in [-0.1, -0.05) is 30.1 Å². The average molecular weight is 256 g/mol. The molecule has 0 saturated carbocycles. The fourth-order valence-corrected chi connectivity index (χ4v) is 1.56. The molecular formula is C9H13Cl3N2. The molecule has 80 valence electrons. The number of nitrogens with two attached hydrogens (primary N) is 1. The van der Waals surface area contributed by atoms with E-state index < -0.39 is 0 Å². The second-order valence-corrected chi connectivity index (χ2v) is 3.77. The SMILES string of the molecule is CCC(N)Cc1c(Cl)cncc1Cl.Cl. The summed E-state index contributed by atoms with van der Waals surface area (Å²) in [6.45, 7) is 2.04. The van der Waals surface area contributed by atoms with Crippen molar-refractivity contribution in [2.75, 3.05) is 0 Å². The van der Waals surface area contributed by atoms with E-state index in [0.29, 0.717) is 16.5 Å². The summed E-state index contributed by atoms with van der Waals surface area (Å²) >= 11 is 11.9. The lowest BCUT2D eigenvalue weighted by molar-refractivity contribution is 0.646. The highest BCUT2D eigenvalue weighted by molar-refractivity contribution is 6.35. The van der Waals surface area contributed by atoms with Gasteiger partial charge < -0.3 is 5.73 Å². The van der Waals surface area contributed by atoms with E-state index in [1.54, 1.807) is 12.4 Å². The minimum absolute atomic E-state index is 0. The summed E-state index contributed by atoms with van der Waals surface area (Å²) in [7, 11) is 0. The number of rotatable bonds is 3. The molecule has 0 bridgehead atoms. The third-order valence-corrected chi connectivity index (χ3v) is 2.59. The van der Waals surface area contributed by atoms with Crippen molar-refractivity contribution in [3.63, 3.8) is 0 Å². The van der Waals surface area contributed by atoms with E-state index in [0.717, 1.165) is 12.0 Å². The lowest BCUT2D eigenvalue weighted by Crippen LogP contribution is -2.21. The first-order chi connectivity index (χ1) is 6.15. The van der Waals surface area contributed by atoms with Crippen LogP contribution < -0.4 is 5.73 Å². The Balaban J connectivity index is 0.00000169. The predicted octanol–water partition coefficient (Wildman–Crippen LogP) is 3.09. The van der Waals surface area contributed by atoms with Crippen LogP contribution in [0.15, 0.2) is 12.4 Å². The molecule has 5 heteroatoms. The van der Waals surface area contributed by atoms with Crippen molar-refractivity contribution in [3.05, 3.63) is 28.0 Å². The first kappa shape index (κ1) is 14.0. The lowest BCUT2D eigenvalue weighted by atomic mass is 10.1. The summed E-state index contributed by atoms with van der Waals surface area (Å²) in [6.07, 6.45) is 4.79. The first-order valence-corrected chi connectivity index (χ1v) is 4.94. The van der Waals surface area contributed by atoms with Gasteiger partial charge in [-0.05, 0) is 18.4 Å². The van der Waals surface area contributed by atoms with E-state index in [1.165, 1.54) is 0 Å². The fourth-order valence-electron chi connectivity index (χ4n) is 1.04. The van der Waals surface area contributed by atoms with Gasteiger partial charge in [0.2, 0.25) is 0 Å². The highest BCUT2D eigenvalue weighted by Gasteiger charge is 2.09. The number of pyridine rings is 1. The Morgan fingerprint density at radius 2 is 1.86 bits per heavy atom. The number of nitrogens with zero attached hydrogens (tertiary/aromatic N) is 1. The van der Waals surface area contributed by atoms with Crippen LogP contribution in [-0.2, 0) is 6.42 Å². The summed E-state index contributed by atoms with van der Waals surface area (Å²) < 4.78 is 0. The zero-order valence-corrected chi connectivity index (χ0v) is 10.2. The van der Waals surface area contributed by atoms with Gasteiger partial charge in [0.1, 0.15) is 0 Å². The Morgan fingerprint density at radius 1 is 1.36 bits per heavy atom. The number of aromatic nitrogens is 1. The van der Waals surface area contributed by atoms with E-state index in [9.17, 15) is 0 Å². The minimum Gasteiger partial charge on any atom is -0.327 e. The van der Waals surface area contributed by atoms with E-state index >= 15 is 0 Å². The molecule has 1 rings (SSSR count). The molecule has 0 saturated heterocycles. The summed E-state index contributed by atoms with van der Waals surface area (Å²) in [5, 5.41) is 1.19. The quantitative estimate of drug-likeness (QED) is 0.901. The van der Waals surface area contributed by atoms with Gasteiger partial charge in [-0.2, -0.15) is 0 Å². The zero-order valence-electron chi connectivity index (χ0n) is 7.84. The molecule has 1 unspecified atom stereocenters. The zero-order chi connectivity index (χ0) is 9.84. The third-order valence-electron chi connectivity index (χ3n) is 1.94. The Labute approximate surface area is 100 Å². The topological polar surface area (TPSA) is 38.9 Å². The van der Waals surface area contributed by atoms with Gasteiger partial charge in [0.25, 0.3) is 0 Å². The Morgan fingerprint density at radius 3 is 2.29 bits per heavy atom. The van der Waals surface area contributed by atoms with Crippen molar-refractivity contribution in [1.82, 2.24) is 4.98 Å². The number of hydrogen-bond acceptors (Lipinski definition) is 2. The molecule has 2 nitrogen and oxygen atoms in total. The second-order valence-electron chi connectivity index (χ2n) is 2.95. The molecule has 0 aliphatic rings. The van der Waals surface area contributed by atoms with Crippen LogP contribution in [0.1, 0.15) is 18.9 Å². The van der Waals surface area contributed by atoms with E-state index in [-0.39, 0.29) is 18.4 Å². The molecule has 2 N–H and O–H groups in total. The molecule has 1 atom stereocenters. The highest BCUT2D eigenvalue weighted by atomic mass is 35.5.